The molecule has 25 heavy (non-hydrogen) atoms. The highest BCUT2D eigenvalue weighted by molar-refractivity contribution is 6.74. The van der Waals surface area contributed by atoms with Gasteiger partial charge < -0.3 is 14.1 Å². The van der Waals surface area contributed by atoms with Crippen LogP contribution in [-0.2, 0) is 20.6 Å². The second-order valence-electron chi connectivity index (χ2n) is 8.44. The Hall–Kier alpha value is -1.46. The lowest BCUT2D eigenvalue weighted by molar-refractivity contribution is -0.129. The number of rotatable bonds is 7. The molecule has 1 amide bonds. The molecule has 0 saturated carbocycles. The number of hydrogen-bond acceptors (Lipinski definition) is 3. The molecule has 1 aliphatic heterocycles. The topological polar surface area (TPSA) is 46.6 Å². The highest BCUT2D eigenvalue weighted by atomic mass is 28.4. The van der Waals surface area contributed by atoms with Crippen LogP contribution < -0.4 is 0 Å². The first-order valence-corrected chi connectivity index (χ1v) is 12.0. The van der Waals surface area contributed by atoms with Crippen molar-refractivity contribution in [1.29, 1.82) is 0 Å². The smallest absolute Gasteiger partial charge is 0.225 e. The standard InChI is InChI=1S/C20H31NO3Si/c1-20(2,3)25(4,5)24-18-14-19(23)21(17(18)12-9-13-22)15-16-10-7-6-8-11-16/h6-8,10-11,13,17-18H,9,12,14-15H2,1-5H3/t17-,18+/m1/s1. The summed E-state index contributed by atoms with van der Waals surface area (Å²) in [5.41, 5.74) is 1.11. The van der Waals surface area contributed by atoms with Gasteiger partial charge in [0.05, 0.1) is 18.6 Å². The first-order valence-electron chi connectivity index (χ1n) is 9.10. The van der Waals surface area contributed by atoms with Crippen LogP contribution in [0, 0.1) is 0 Å². The number of nitrogens with zero attached hydrogens (tertiary/aromatic N) is 1. The predicted octanol–water partition coefficient (Wildman–Crippen LogP) is 4.16. The van der Waals surface area contributed by atoms with Gasteiger partial charge in [0.25, 0.3) is 0 Å². The highest BCUT2D eigenvalue weighted by Gasteiger charge is 2.46. The minimum Gasteiger partial charge on any atom is -0.411 e. The van der Waals surface area contributed by atoms with E-state index in [1.807, 2.05) is 35.2 Å². The number of amides is 1. The molecule has 1 aliphatic rings. The van der Waals surface area contributed by atoms with Gasteiger partial charge in [-0.25, -0.2) is 0 Å². The van der Waals surface area contributed by atoms with Crippen molar-refractivity contribution in [3.05, 3.63) is 35.9 Å². The molecule has 5 heteroatoms. The molecular weight excluding hydrogens is 330 g/mol. The molecule has 1 saturated heterocycles. The van der Waals surface area contributed by atoms with E-state index in [2.05, 4.69) is 33.9 Å². The summed E-state index contributed by atoms with van der Waals surface area (Å²) < 4.78 is 6.57. The summed E-state index contributed by atoms with van der Waals surface area (Å²) in [7, 11) is -1.97. The Kier molecular flexibility index (Phi) is 6.22. The Morgan fingerprint density at radius 3 is 2.44 bits per heavy atom. The number of carbonyl (C=O) groups is 2. The molecule has 2 rings (SSSR count). The van der Waals surface area contributed by atoms with E-state index in [0.717, 1.165) is 11.8 Å². The Morgan fingerprint density at radius 1 is 1.24 bits per heavy atom. The first-order chi connectivity index (χ1) is 11.7. The summed E-state index contributed by atoms with van der Waals surface area (Å²) in [6.07, 6.45) is 2.37. The van der Waals surface area contributed by atoms with E-state index in [9.17, 15) is 9.59 Å². The maximum absolute atomic E-state index is 12.7. The van der Waals surface area contributed by atoms with Crippen molar-refractivity contribution in [3.63, 3.8) is 0 Å². The largest absolute Gasteiger partial charge is 0.411 e. The van der Waals surface area contributed by atoms with E-state index in [1.54, 1.807) is 0 Å². The van der Waals surface area contributed by atoms with Gasteiger partial charge in [-0.3, -0.25) is 4.79 Å². The molecule has 0 aliphatic carbocycles. The molecule has 1 fully saturated rings. The third-order valence-electron chi connectivity index (χ3n) is 5.55. The van der Waals surface area contributed by atoms with Gasteiger partial charge in [0.1, 0.15) is 6.29 Å². The lowest BCUT2D eigenvalue weighted by Crippen LogP contribution is -2.47. The monoisotopic (exact) mass is 361 g/mol. The fraction of sp³-hybridized carbons (Fsp3) is 0.600. The van der Waals surface area contributed by atoms with Crippen molar-refractivity contribution in [2.24, 2.45) is 0 Å². The summed E-state index contributed by atoms with van der Waals surface area (Å²) in [5.74, 6) is 0.128. The Balaban J connectivity index is 2.19. The number of hydrogen-bond donors (Lipinski definition) is 0. The van der Waals surface area contributed by atoms with Gasteiger partial charge in [0.15, 0.2) is 8.32 Å². The van der Waals surface area contributed by atoms with Crippen molar-refractivity contribution >= 4 is 20.5 Å². The fourth-order valence-electron chi connectivity index (χ4n) is 3.05. The summed E-state index contributed by atoms with van der Waals surface area (Å²) in [4.78, 5) is 25.5. The second kappa shape index (κ2) is 7.83. The predicted molar refractivity (Wildman–Crippen MR) is 103 cm³/mol. The number of likely N-dealkylation sites (tertiary alicyclic amines) is 1. The molecule has 138 valence electrons. The summed E-state index contributed by atoms with van der Waals surface area (Å²) in [6.45, 7) is 11.6. The van der Waals surface area contributed by atoms with Gasteiger partial charge in [-0.1, -0.05) is 51.1 Å². The zero-order chi connectivity index (χ0) is 18.7. The van der Waals surface area contributed by atoms with Gasteiger partial charge in [-0.2, -0.15) is 0 Å². The van der Waals surface area contributed by atoms with Crippen LogP contribution in [0.2, 0.25) is 18.1 Å². The average molecular weight is 362 g/mol. The highest BCUT2D eigenvalue weighted by Crippen LogP contribution is 2.40. The van der Waals surface area contributed by atoms with Gasteiger partial charge in [-0.05, 0) is 30.1 Å². The molecule has 0 radical (unpaired) electrons. The number of benzene rings is 1. The van der Waals surface area contributed by atoms with Gasteiger partial charge in [0, 0.05) is 13.0 Å². The maximum atomic E-state index is 12.7. The second-order valence-corrected chi connectivity index (χ2v) is 13.2. The van der Waals surface area contributed by atoms with Crippen molar-refractivity contribution in [2.45, 2.75) is 76.9 Å². The Morgan fingerprint density at radius 2 is 1.88 bits per heavy atom. The third kappa shape index (κ3) is 4.79. The molecule has 0 aromatic heterocycles. The maximum Gasteiger partial charge on any atom is 0.225 e. The number of aldehydes is 1. The average Bonchev–Trinajstić information content (AvgIpc) is 2.80. The molecule has 0 bridgehead atoms. The first kappa shape index (κ1) is 19.9. The van der Waals surface area contributed by atoms with Crippen LogP contribution in [0.15, 0.2) is 30.3 Å². The molecule has 2 atom stereocenters. The van der Waals surface area contributed by atoms with Crippen molar-refractivity contribution in [3.8, 4) is 0 Å². The molecule has 1 aromatic carbocycles. The minimum absolute atomic E-state index is 0.0213. The summed E-state index contributed by atoms with van der Waals surface area (Å²) in [6, 6.07) is 9.99. The molecular formula is C20H31NO3Si. The van der Waals surface area contributed by atoms with Crippen LogP contribution in [0.3, 0.4) is 0 Å². The lowest BCUT2D eigenvalue weighted by atomic mass is 10.1. The van der Waals surface area contributed by atoms with E-state index in [-0.39, 0.29) is 23.1 Å². The minimum atomic E-state index is -1.97. The van der Waals surface area contributed by atoms with E-state index >= 15 is 0 Å². The van der Waals surface area contributed by atoms with Crippen LogP contribution >= 0.6 is 0 Å². The van der Waals surface area contributed by atoms with Crippen LogP contribution in [0.4, 0.5) is 0 Å². The third-order valence-corrected chi connectivity index (χ3v) is 10.1. The summed E-state index contributed by atoms with van der Waals surface area (Å²) >= 11 is 0. The van der Waals surface area contributed by atoms with Crippen LogP contribution in [0.25, 0.3) is 0 Å². The molecule has 0 spiro atoms. The van der Waals surface area contributed by atoms with Gasteiger partial charge in [-0.15, -0.1) is 0 Å². The van der Waals surface area contributed by atoms with Gasteiger partial charge in [0.2, 0.25) is 5.91 Å². The SMILES string of the molecule is CC(C)(C)[Si](C)(C)O[C@H]1CC(=O)N(Cc2ccccc2)[C@@H]1CCC=O. The Labute approximate surface area is 152 Å². The van der Waals surface area contributed by atoms with Crippen molar-refractivity contribution < 1.29 is 14.0 Å². The van der Waals surface area contributed by atoms with E-state index < -0.39 is 8.32 Å². The van der Waals surface area contributed by atoms with Crippen LogP contribution in [0.1, 0.15) is 45.6 Å². The summed E-state index contributed by atoms with van der Waals surface area (Å²) in [5, 5.41) is 0.0953. The molecule has 1 aromatic rings. The number of carbonyl (C=O) groups excluding carboxylic acids is 2. The van der Waals surface area contributed by atoms with Gasteiger partial charge >= 0.3 is 0 Å². The molecule has 4 nitrogen and oxygen atoms in total. The van der Waals surface area contributed by atoms with E-state index in [1.165, 1.54) is 0 Å². The van der Waals surface area contributed by atoms with Crippen molar-refractivity contribution in [2.75, 3.05) is 0 Å². The normalized spacial score (nSPS) is 21.6. The molecule has 0 unspecified atom stereocenters. The fourth-order valence-corrected chi connectivity index (χ4v) is 4.40. The van der Waals surface area contributed by atoms with Crippen LogP contribution in [-0.4, -0.2) is 37.6 Å². The zero-order valence-corrected chi connectivity index (χ0v) is 17.1. The molecule has 1 heterocycles. The Bertz CT molecular complexity index is 595. The quantitative estimate of drug-likeness (QED) is 0.541. The van der Waals surface area contributed by atoms with Crippen molar-refractivity contribution in [1.82, 2.24) is 4.90 Å². The van der Waals surface area contributed by atoms with E-state index in [0.29, 0.717) is 25.8 Å². The molecule has 0 N–H and O–H groups in total. The van der Waals surface area contributed by atoms with E-state index in [4.69, 9.17) is 4.43 Å². The van der Waals surface area contributed by atoms with Crippen LogP contribution in [0.5, 0.6) is 0 Å². The lowest BCUT2D eigenvalue weighted by Gasteiger charge is -2.40. The zero-order valence-electron chi connectivity index (χ0n) is 16.1.